The first-order chi connectivity index (χ1) is 9.74. The standard InChI is InChI=1S/C14H21N5O/c1-3-12(4-2)13(20)15-7-5-6-11-8-16-14-17-10-18-19(14)9-11/h8-10,12H,3-7H2,1-2H3,(H,15,20). The lowest BCUT2D eigenvalue weighted by Gasteiger charge is -2.12. The van der Waals surface area contributed by atoms with Crippen LogP contribution in [0.25, 0.3) is 5.78 Å². The fraction of sp³-hybridized carbons (Fsp3) is 0.571. The molecule has 0 fully saturated rings. The monoisotopic (exact) mass is 275 g/mol. The van der Waals surface area contributed by atoms with Gasteiger partial charge in [-0.2, -0.15) is 10.1 Å². The van der Waals surface area contributed by atoms with Gasteiger partial charge < -0.3 is 5.32 Å². The maximum Gasteiger partial charge on any atom is 0.252 e. The normalized spacial score (nSPS) is 11.2. The van der Waals surface area contributed by atoms with E-state index in [1.165, 1.54) is 6.33 Å². The van der Waals surface area contributed by atoms with Gasteiger partial charge >= 0.3 is 0 Å². The Bertz CT molecular complexity index is 561. The van der Waals surface area contributed by atoms with Crippen LogP contribution in [0.5, 0.6) is 0 Å². The van der Waals surface area contributed by atoms with Crippen molar-refractivity contribution in [3.05, 3.63) is 24.3 Å². The topological polar surface area (TPSA) is 72.2 Å². The first-order valence-corrected chi connectivity index (χ1v) is 7.16. The number of nitrogens with zero attached hydrogens (tertiary/aromatic N) is 4. The molecule has 0 aliphatic carbocycles. The van der Waals surface area contributed by atoms with Crippen LogP contribution in [0, 0.1) is 5.92 Å². The van der Waals surface area contributed by atoms with Crippen LogP contribution >= 0.6 is 0 Å². The summed E-state index contributed by atoms with van der Waals surface area (Å²) in [6.07, 6.45) is 8.79. The quantitative estimate of drug-likeness (QED) is 0.779. The zero-order chi connectivity index (χ0) is 14.4. The lowest BCUT2D eigenvalue weighted by Crippen LogP contribution is -2.31. The summed E-state index contributed by atoms with van der Waals surface area (Å²) in [7, 11) is 0. The molecule has 2 heterocycles. The smallest absolute Gasteiger partial charge is 0.252 e. The van der Waals surface area contributed by atoms with Crippen LogP contribution in [-0.4, -0.2) is 32.0 Å². The van der Waals surface area contributed by atoms with Gasteiger partial charge in [0, 0.05) is 24.9 Å². The number of nitrogens with one attached hydrogen (secondary N) is 1. The van der Waals surface area contributed by atoms with Crippen molar-refractivity contribution < 1.29 is 4.79 Å². The minimum Gasteiger partial charge on any atom is -0.356 e. The predicted molar refractivity (Wildman–Crippen MR) is 76.2 cm³/mol. The van der Waals surface area contributed by atoms with Gasteiger partial charge in [-0.15, -0.1) is 0 Å². The van der Waals surface area contributed by atoms with E-state index in [-0.39, 0.29) is 11.8 Å². The van der Waals surface area contributed by atoms with Crippen molar-refractivity contribution >= 4 is 11.7 Å². The number of aromatic nitrogens is 4. The Kier molecular flexibility index (Phi) is 5.03. The molecule has 2 rings (SSSR count). The number of fused-ring (bicyclic) bond motifs is 1. The van der Waals surface area contributed by atoms with Gasteiger partial charge in [0.25, 0.3) is 5.78 Å². The summed E-state index contributed by atoms with van der Waals surface area (Å²) in [5.41, 5.74) is 1.10. The van der Waals surface area contributed by atoms with Crippen molar-refractivity contribution in [2.45, 2.75) is 39.5 Å². The zero-order valence-corrected chi connectivity index (χ0v) is 12.0. The van der Waals surface area contributed by atoms with Gasteiger partial charge in [0.15, 0.2) is 0 Å². The van der Waals surface area contributed by atoms with Crippen molar-refractivity contribution in [2.75, 3.05) is 6.54 Å². The average Bonchev–Trinajstić information content (AvgIpc) is 2.92. The molecule has 6 nitrogen and oxygen atoms in total. The molecule has 0 saturated heterocycles. The summed E-state index contributed by atoms with van der Waals surface area (Å²) in [4.78, 5) is 20.0. The highest BCUT2D eigenvalue weighted by Gasteiger charge is 2.12. The van der Waals surface area contributed by atoms with Crippen LogP contribution in [0.4, 0.5) is 0 Å². The van der Waals surface area contributed by atoms with E-state index >= 15 is 0 Å². The Morgan fingerprint density at radius 1 is 1.35 bits per heavy atom. The molecule has 0 spiro atoms. The van der Waals surface area contributed by atoms with Crippen LogP contribution in [0.15, 0.2) is 18.7 Å². The molecule has 1 amide bonds. The van der Waals surface area contributed by atoms with Crippen LogP contribution in [0.1, 0.15) is 38.7 Å². The van der Waals surface area contributed by atoms with Crippen molar-refractivity contribution in [1.29, 1.82) is 0 Å². The van der Waals surface area contributed by atoms with Crippen LogP contribution < -0.4 is 5.32 Å². The number of amides is 1. The first kappa shape index (κ1) is 14.4. The maximum absolute atomic E-state index is 11.8. The molecule has 2 aromatic rings. The highest BCUT2D eigenvalue weighted by atomic mass is 16.1. The summed E-state index contributed by atoms with van der Waals surface area (Å²) in [5.74, 6) is 0.916. The molecule has 20 heavy (non-hydrogen) atoms. The summed E-state index contributed by atoms with van der Waals surface area (Å²) in [6, 6.07) is 0. The van der Waals surface area contributed by atoms with Gasteiger partial charge in [-0.1, -0.05) is 13.8 Å². The maximum atomic E-state index is 11.8. The minimum absolute atomic E-state index is 0.142. The van der Waals surface area contributed by atoms with Crippen LogP contribution in [0.2, 0.25) is 0 Å². The van der Waals surface area contributed by atoms with E-state index in [1.807, 2.05) is 26.2 Å². The number of carbonyl (C=O) groups excluding carboxylic acids is 1. The number of carbonyl (C=O) groups is 1. The molecule has 0 radical (unpaired) electrons. The van der Waals surface area contributed by atoms with Gasteiger partial charge in [-0.05, 0) is 31.2 Å². The lowest BCUT2D eigenvalue weighted by molar-refractivity contribution is -0.125. The molecular formula is C14H21N5O. The van der Waals surface area contributed by atoms with E-state index in [1.54, 1.807) is 4.52 Å². The summed E-state index contributed by atoms with van der Waals surface area (Å²) >= 11 is 0. The molecule has 0 aliphatic rings. The third-order valence-corrected chi connectivity index (χ3v) is 3.49. The van der Waals surface area contributed by atoms with E-state index in [0.29, 0.717) is 12.3 Å². The molecular weight excluding hydrogens is 254 g/mol. The van der Waals surface area contributed by atoms with Gasteiger partial charge in [0.1, 0.15) is 6.33 Å². The average molecular weight is 275 g/mol. The molecule has 0 aromatic carbocycles. The Morgan fingerprint density at radius 2 is 2.15 bits per heavy atom. The Balaban J connectivity index is 1.76. The molecule has 108 valence electrons. The second kappa shape index (κ2) is 6.98. The number of hydrogen-bond acceptors (Lipinski definition) is 4. The predicted octanol–water partition coefficient (Wildman–Crippen LogP) is 1.61. The zero-order valence-electron chi connectivity index (χ0n) is 12.0. The molecule has 2 aromatic heterocycles. The fourth-order valence-corrected chi connectivity index (χ4v) is 2.20. The first-order valence-electron chi connectivity index (χ1n) is 7.16. The van der Waals surface area contributed by atoms with Crippen molar-refractivity contribution in [3.63, 3.8) is 0 Å². The number of aryl methyl sites for hydroxylation is 1. The molecule has 0 unspecified atom stereocenters. The highest BCUT2D eigenvalue weighted by Crippen LogP contribution is 2.07. The van der Waals surface area contributed by atoms with E-state index in [9.17, 15) is 4.79 Å². The Morgan fingerprint density at radius 3 is 2.90 bits per heavy atom. The molecule has 0 saturated carbocycles. The van der Waals surface area contributed by atoms with Crippen molar-refractivity contribution in [3.8, 4) is 0 Å². The van der Waals surface area contributed by atoms with Gasteiger partial charge in [-0.3, -0.25) is 4.79 Å². The second-order valence-corrected chi connectivity index (χ2v) is 4.87. The SMILES string of the molecule is CCC(CC)C(=O)NCCCc1cnc2ncnn2c1. The molecule has 1 N–H and O–H groups in total. The minimum atomic E-state index is 0.142. The summed E-state index contributed by atoms with van der Waals surface area (Å²) in [6.45, 7) is 4.80. The van der Waals surface area contributed by atoms with Gasteiger partial charge in [0.05, 0.1) is 0 Å². The van der Waals surface area contributed by atoms with Gasteiger partial charge in [0.2, 0.25) is 5.91 Å². The molecule has 6 heteroatoms. The fourth-order valence-electron chi connectivity index (χ4n) is 2.20. The van der Waals surface area contributed by atoms with E-state index < -0.39 is 0 Å². The van der Waals surface area contributed by atoms with Crippen molar-refractivity contribution in [2.24, 2.45) is 5.92 Å². The van der Waals surface area contributed by atoms with E-state index in [2.05, 4.69) is 20.4 Å². The number of rotatable bonds is 7. The van der Waals surface area contributed by atoms with Crippen LogP contribution in [0.3, 0.4) is 0 Å². The highest BCUT2D eigenvalue weighted by molar-refractivity contribution is 5.78. The summed E-state index contributed by atoms with van der Waals surface area (Å²) in [5, 5.41) is 7.05. The number of hydrogen-bond donors (Lipinski definition) is 1. The lowest BCUT2D eigenvalue weighted by atomic mass is 10.0. The molecule has 0 bridgehead atoms. The molecule has 0 atom stereocenters. The Labute approximate surface area is 118 Å². The third kappa shape index (κ3) is 3.53. The second-order valence-electron chi connectivity index (χ2n) is 4.87. The third-order valence-electron chi connectivity index (χ3n) is 3.49. The summed E-state index contributed by atoms with van der Waals surface area (Å²) < 4.78 is 1.66. The Hall–Kier alpha value is -1.98. The van der Waals surface area contributed by atoms with E-state index in [4.69, 9.17) is 0 Å². The largest absolute Gasteiger partial charge is 0.356 e. The van der Waals surface area contributed by atoms with Crippen molar-refractivity contribution in [1.82, 2.24) is 24.9 Å². The van der Waals surface area contributed by atoms with E-state index in [0.717, 1.165) is 31.2 Å². The van der Waals surface area contributed by atoms with Gasteiger partial charge in [-0.25, -0.2) is 9.50 Å². The van der Waals surface area contributed by atoms with Crippen LogP contribution in [-0.2, 0) is 11.2 Å². The molecule has 0 aliphatic heterocycles.